The van der Waals surface area contributed by atoms with E-state index in [-0.39, 0.29) is 30.0 Å². The number of allylic oxidation sites excluding steroid dienone is 1. The third-order valence-corrected chi connectivity index (χ3v) is 4.12. The van der Waals surface area contributed by atoms with Crippen LogP contribution in [0.3, 0.4) is 0 Å². The van der Waals surface area contributed by atoms with Gasteiger partial charge in [-0.2, -0.15) is 0 Å². The summed E-state index contributed by atoms with van der Waals surface area (Å²) in [5.74, 6) is -0.541. The van der Waals surface area contributed by atoms with Crippen molar-refractivity contribution in [3.8, 4) is 11.3 Å². The molecule has 1 aromatic carbocycles. The molecule has 3 rings (SSSR count). The largest absolute Gasteiger partial charge is 0.348 e. The summed E-state index contributed by atoms with van der Waals surface area (Å²) in [4.78, 5) is 29.0. The first kappa shape index (κ1) is 17.9. The number of carbonyl (C=O) groups excluding carboxylic acids is 1. The summed E-state index contributed by atoms with van der Waals surface area (Å²) in [6, 6.07) is 7.14. The van der Waals surface area contributed by atoms with Crippen LogP contribution >= 0.6 is 11.6 Å². The second-order valence-electron chi connectivity index (χ2n) is 5.50. The predicted octanol–water partition coefficient (Wildman–Crippen LogP) is 2.70. The molecule has 8 heteroatoms. The highest BCUT2D eigenvalue weighted by molar-refractivity contribution is 6.33. The maximum Gasteiger partial charge on any atom is 0.295 e. The fourth-order valence-corrected chi connectivity index (χ4v) is 2.87. The van der Waals surface area contributed by atoms with Gasteiger partial charge >= 0.3 is 0 Å². The van der Waals surface area contributed by atoms with Crippen LogP contribution in [0.15, 0.2) is 54.1 Å². The van der Waals surface area contributed by atoms with E-state index in [1.165, 1.54) is 15.2 Å². The molecule has 0 aliphatic rings. The average molecular weight is 375 g/mol. The topological polar surface area (TPSA) is 68.4 Å². The second-order valence-corrected chi connectivity index (χ2v) is 5.91. The van der Waals surface area contributed by atoms with Crippen molar-refractivity contribution in [1.29, 1.82) is 0 Å². The number of hydrogen-bond acceptors (Lipinski definition) is 3. The minimum absolute atomic E-state index is 0.0389. The number of nitrogens with zero attached hydrogens (tertiary/aromatic N) is 3. The van der Waals surface area contributed by atoms with E-state index in [2.05, 4.69) is 16.9 Å². The Balaban J connectivity index is 2.21. The van der Waals surface area contributed by atoms with Gasteiger partial charge in [-0.3, -0.25) is 18.6 Å². The molecule has 0 aliphatic heterocycles. The van der Waals surface area contributed by atoms with Gasteiger partial charge in [0.2, 0.25) is 5.65 Å². The molecule has 0 radical (unpaired) electrons. The highest BCUT2D eigenvalue weighted by Crippen LogP contribution is 2.27. The van der Waals surface area contributed by atoms with E-state index >= 15 is 0 Å². The number of fused-ring (bicyclic) bond motifs is 1. The fourth-order valence-electron chi connectivity index (χ4n) is 2.64. The van der Waals surface area contributed by atoms with Gasteiger partial charge in [0.05, 0.1) is 5.69 Å². The molecule has 134 valence electrons. The summed E-state index contributed by atoms with van der Waals surface area (Å²) in [7, 11) is 0. The highest BCUT2D eigenvalue weighted by atomic mass is 35.5. The highest BCUT2D eigenvalue weighted by Gasteiger charge is 2.17. The van der Waals surface area contributed by atoms with Crippen LogP contribution in [0.5, 0.6) is 0 Å². The first-order valence-electron chi connectivity index (χ1n) is 7.89. The number of imidazole rings is 1. The van der Waals surface area contributed by atoms with E-state index in [1.807, 2.05) is 6.07 Å². The average Bonchev–Trinajstić information content (AvgIpc) is 3.07. The van der Waals surface area contributed by atoms with Crippen LogP contribution in [-0.2, 0) is 6.54 Å². The van der Waals surface area contributed by atoms with Crippen LogP contribution < -0.4 is 10.9 Å². The lowest BCUT2D eigenvalue weighted by molar-refractivity contribution is 0.0946. The summed E-state index contributed by atoms with van der Waals surface area (Å²) < 4.78 is 15.2. The van der Waals surface area contributed by atoms with Crippen molar-refractivity contribution in [2.24, 2.45) is 0 Å². The second kappa shape index (κ2) is 7.53. The monoisotopic (exact) mass is 374 g/mol. The van der Waals surface area contributed by atoms with Crippen LogP contribution in [0.25, 0.3) is 16.9 Å². The number of carbonyl (C=O) groups is 1. The SMILES string of the molecule is C=CCn1c(-c2ccccc2Cl)cn2cc(C(=O)NCCF)nc2c1=O. The lowest BCUT2D eigenvalue weighted by Crippen LogP contribution is -2.26. The summed E-state index contributed by atoms with van der Waals surface area (Å²) >= 11 is 6.28. The van der Waals surface area contributed by atoms with Crippen molar-refractivity contribution in [1.82, 2.24) is 19.3 Å². The minimum atomic E-state index is -0.679. The molecule has 0 saturated carbocycles. The zero-order valence-corrected chi connectivity index (χ0v) is 14.5. The number of nitrogens with one attached hydrogen (secondary N) is 1. The first-order valence-corrected chi connectivity index (χ1v) is 8.27. The third kappa shape index (κ3) is 3.25. The zero-order valence-electron chi connectivity index (χ0n) is 13.8. The van der Waals surface area contributed by atoms with Gasteiger partial charge in [0.1, 0.15) is 12.4 Å². The Kier molecular flexibility index (Phi) is 5.18. The zero-order chi connectivity index (χ0) is 18.7. The van der Waals surface area contributed by atoms with Crippen LogP contribution in [0, 0.1) is 0 Å². The Hall–Kier alpha value is -2.93. The Morgan fingerprint density at radius 1 is 1.35 bits per heavy atom. The van der Waals surface area contributed by atoms with Gasteiger partial charge in [-0.1, -0.05) is 35.9 Å². The van der Waals surface area contributed by atoms with E-state index in [0.29, 0.717) is 16.3 Å². The van der Waals surface area contributed by atoms with E-state index in [1.54, 1.807) is 30.5 Å². The number of rotatable bonds is 6. The lowest BCUT2D eigenvalue weighted by Gasteiger charge is -2.13. The molecular weight excluding hydrogens is 359 g/mol. The maximum atomic E-state index is 12.9. The minimum Gasteiger partial charge on any atom is -0.348 e. The molecule has 0 atom stereocenters. The van der Waals surface area contributed by atoms with Crippen LogP contribution in [0.1, 0.15) is 10.5 Å². The molecule has 0 spiro atoms. The lowest BCUT2D eigenvalue weighted by atomic mass is 10.1. The molecule has 0 saturated heterocycles. The van der Waals surface area contributed by atoms with Crippen molar-refractivity contribution in [2.75, 3.05) is 13.2 Å². The van der Waals surface area contributed by atoms with Gasteiger partial charge in [0, 0.05) is 36.1 Å². The van der Waals surface area contributed by atoms with Crippen LogP contribution in [0.2, 0.25) is 5.02 Å². The predicted molar refractivity (Wildman–Crippen MR) is 98.4 cm³/mol. The first-order chi connectivity index (χ1) is 12.6. The van der Waals surface area contributed by atoms with E-state index in [9.17, 15) is 14.0 Å². The van der Waals surface area contributed by atoms with Crippen molar-refractivity contribution in [3.63, 3.8) is 0 Å². The molecule has 2 aromatic heterocycles. The Morgan fingerprint density at radius 3 is 2.81 bits per heavy atom. The number of amides is 1. The molecule has 1 N–H and O–H groups in total. The number of halogens is 2. The van der Waals surface area contributed by atoms with Crippen molar-refractivity contribution >= 4 is 23.2 Å². The molecule has 6 nitrogen and oxygen atoms in total. The van der Waals surface area contributed by atoms with E-state index in [0.717, 1.165) is 0 Å². The summed E-state index contributed by atoms with van der Waals surface area (Å²) in [5, 5.41) is 2.88. The third-order valence-electron chi connectivity index (χ3n) is 3.80. The van der Waals surface area contributed by atoms with Gasteiger partial charge in [0.25, 0.3) is 11.5 Å². The normalized spacial score (nSPS) is 10.8. The van der Waals surface area contributed by atoms with Crippen LogP contribution in [0.4, 0.5) is 4.39 Å². The fraction of sp³-hybridized carbons (Fsp3) is 0.167. The number of alkyl halides is 1. The van der Waals surface area contributed by atoms with Gasteiger partial charge in [0.15, 0.2) is 0 Å². The maximum absolute atomic E-state index is 12.9. The molecule has 0 bridgehead atoms. The van der Waals surface area contributed by atoms with Crippen molar-refractivity contribution in [3.05, 3.63) is 70.4 Å². The number of aromatic nitrogens is 3. The molecule has 0 aliphatic carbocycles. The quantitative estimate of drug-likeness (QED) is 0.674. The Labute approximate surface area is 153 Å². The van der Waals surface area contributed by atoms with Crippen molar-refractivity contribution in [2.45, 2.75) is 6.54 Å². The standard InChI is InChI=1S/C18H16ClFN4O2/c1-2-9-24-15(12-5-3-4-6-13(12)19)11-23-10-14(17(25)21-8-7-20)22-16(23)18(24)26/h2-6,10-11H,1,7-9H2,(H,21,25). The van der Waals surface area contributed by atoms with E-state index in [4.69, 9.17) is 11.6 Å². The Morgan fingerprint density at radius 2 is 2.12 bits per heavy atom. The molecule has 0 fully saturated rings. The summed E-state index contributed by atoms with van der Waals surface area (Å²) in [6.45, 7) is 3.15. The van der Waals surface area contributed by atoms with Gasteiger partial charge < -0.3 is 5.32 Å². The van der Waals surface area contributed by atoms with E-state index < -0.39 is 12.6 Å². The number of benzene rings is 1. The molecule has 3 aromatic rings. The van der Waals surface area contributed by atoms with Gasteiger partial charge in [-0.15, -0.1) is 6.58 Å². The van der Waals surface area contributed by atoms with Gasteiger partial charge in [-0.05, 0) is 6.07 Å². The molecular formula is C18H16ClFN4O2. The summed E-state index contributed by atoms with van der Waals surface area (Å²) in [5.41, 5.74) is 0.991. The molecule has 1 amide bonds. The smallest absolute Gasteiger partial charge is 0.295 e. The number of hydrogen-bond donors (Lipinski definition) is 1. The molecule has 0 unspecified atom stereocenters. The molecule has 2 heterocycles. The Bertz CT molecular complexity index is 1040. The molecule has 26 heavy (non-hydrogen) atoms. The van der Waals surface area contributed by atoms with Crippen LogP contribution in [-0.4, -0.2) is 33.1 Å². The van der Waals surface area contributed by atoms with Gasteiger partial charge in [-0.25, -0.2) is 9.37 Å². The summed E-state index contributed by atoms with van der Waals surface area (Å²) in [6.07, 6.45) is 4.71. The van der Waals surface area contributed by atoms with Crippen molar-refractivity contribution < 1.29 is 9.18 Å².